The van der Waals surface area contributed by atoms with Crippen LogP contribution in [-0.2, 0) is 0 Å². The van der Waals surface area contributed by atoms with Gasteiger partial charge in [0.2, 0.25) is 0 Å². The molecule has 0 heterocycles. The van der Waals surface area contributed by atoms with Crippen molar-refractivity contribution in [2.24, 2.45) is 0 Å². The van der Waals surface area contributed by atoms with Crippen molar-refractivity contribution in [2.45, 2.75) is 0 Å². The van der Waals surface area contributed by atoms with Gasteiger partial charge < -0.3 is 16.4 Å². The van der Waals surface area contributed by atoms with Crippen molar-refractivity contribution < 1.29 is 16.4 Å². The molecule has 23 heavy (non-hydrogen) atoms. The van der Waals surface area contributed by atoms with Gasteiger partial charge in [-0.3, -0.25) is 0 Å². The van der Waals surface area contributed by atoms with Crippen LogP contribution in [0.2, 0.25) is 0 Å². The second-order valence-corrected chi connectivity index (χ2v) is 13.0. The van der Waals surface area contributed by atoms with E-state index in [-0.39, 0.29) is 42.6 Å². The summed E-state index contributed by atoms with van der Waals surface area (Å²) in [7, 11) is 0. The molecule has 0 aromatic heterocycles. The van der Waals surface area contributed by atoms with Crippen molar-refractivity contribution in [1.82, 2.24) is 0 Å². The summed E-state index contributed by atoms with van der Waals surface area (Å²) in [5, 5.41) is 0. The van der Waals surface area contributed by atoms with Crippen LogP contribution < -0.4 is 9.81 Å². The number of hydrogen-bond donors (Lipinski definition) is 0. The standard InChI is InChI=1S/3C6H5.2Bi.3H2O/c3*1-2-4-6-5-3-1;;;;;/h3*1-5H;;;3*1H2. The van der Waals surface area contributed by atoms with E-state index in [0.29, 0.717) is 0 Å². The Hall–Kier alpha value is -0.694. The molecular formula is C18H21Bi2O3. The van der Waals surface area contributed by atoms with Gasteiger partial charge in [0.15, 0.2) is 0 Å². The van der Waals surface area contributed by atoms with Gasteiger partial charge in [-0.2, -0.15) is 0 Å². The molecule has 121 valence electrons. The van der Waals surface area contributed by atoms with Crippen LogP contribution in [0.1, 0.15) is 0 Å². The van der Waals surface area contributed by atoms with E-state index in [0.717, 1.165) is 0 Å². The minimum atomic E-state index is -2.06. The van der Waals surface area contributed by atoms with Gasteiger partial charge in [-0.1, -0.05) is 0 Å². The molecule has 3 radical (unpaired) electrons. The Kier molecular flexibility index (Phi) is 13.6. The van der Waals surface area contributed by atoms with Gasteiger partial charge in [0.1, 0.15) is 0 Å². The van der Waals surface area contributed by atoms with Crippen LogP contribution in [0.15, 0.2) is 91.0 Å². The van der Waals surface area contributed by atoms with E-state index in [4.69, 9.17) is 0 Å². The van der Waals surface area contributed by atoms with E-state index >= 15 is 0 Å². The summed E-state index contributed by atoms with van der Waals surface area (Å²) in [4.78, 5) is 0. The van der Waals surface area contributed by atoms with Gasteiger partial charge >= 0.3 is 123 Å². The quantitative estimate of drug-likeness (QED) is 0.325. The molecule has 0 aliphatic heterocycles. The number of benzene rings is 3. The molecule has 0 saturated carbocycles. The monoisotopic (exact) mass is 703 g/mol. The normalized spacial score (nSPS) is 8.74. The van der Waals surface area contributed by atoms with Crippen molar-refractivity contribution >= 4 is 57.8 Å². The van der Waals surface area contributed by atoms with E-state index in [1.54, 1.807) is 0 Å². The van der Waals surface area contributed by atoms with E-state index < -0.39 is 21.8 Å². The predicted octanol–water partition coefficient (Wildman–Crippen LogP) is -0.652. The van der Waals surface area contributed by atoms with E-state index in [9.17, 15) is 0 Å². The topological polar surface area (TPSA) is 94.5 Å². The summed E-state index contributed by atoms with van der Waals surface area (Å²) in [6, 6.07) is 33.0. The Morgan fingerprint density at radius 1 is 0.391 bits per heavy atom. The minimum absolute atomic E-state index is 0. The van der Waals surface area contributed by atoms with E-state index in [1.165, 1.54) is 9.81 Å². The molecule has 3 rings (SSSR count). The molecule has 6 N–H and O–H groups in total. The van der Waals surface area contributed by atoms with Crippen LogP contribution in [0.4, 0.5) is 0 Å². The van der Waals surface area contributed by atoms with Gasteiger partial charge in [0.25, 0.3) is 0 Å². The third-order valence-electron chi connectivity index (χ3n) is 3.04. The molecule has 0 unspecified atom stereocenters. The van der Waals surface area contributed by atoms with Crippen LogP contribution >= 0.6 is 0 Å². The van der Waals surface area contributed by atoms with Gasteiger partial charge in [0, 0.05) is 26.2 Å². The molecule has 0 bridgehead atoms. The third kappa shape index (κ3) is 6.37. The van der Waals surface area contributed by atoms with Gasteiger partial charge in [-0.15, -0.1) is 0 Å². The van der Waals surface area contributed by atoms with Crippen LogP contribution in [0.25, 0.3) is 0 Å². The SMILES string of the molecule is O.O.O.[Bi].c1cc[c]([Bi]([c]2ccccc2)[c]2ccccc2)cc1. The van der Waals surface area contributed by atoms with Crippen LogP contribution in [0.5, 0.6) is 0 Å². The first-order chi connectivity index (χ1) is 9.45. The summed E-state index contributed by atoms with van der Waals surface area (Å²) < 4.78 is 4.61. The molecule has 0 aliphatic carbocycles. The average Bonchev–Trinajstić information content (AvgIpc) is 2.51. The molecule has 0 aliphatic rings. The second kappa shape index (κ2) is 12.7. The molecule has 0 saturated heterocycles. The molecular weight excluding hydrogens is 682 g/mol. The van der Waals surface area contributed by atoms with Gasteiger partial charge in [0.05, 0.1) is 0 Å². The van der Waals surface area contributed by atoms with Crippen LogP contribution in [0.3, 0.4) is 0 Å². The van der Waals surface area contributed by atoms with E-state index in [2.05, 4.69) is 91.0 Å². The Labute approximate surface area is 164 Å². The molecule has 0 fully saturated rings. The molecule has 3 aromatic carbocycles. The fraction of sp³-hybridized carbons (Fsp3) is 0. The van der Waals surface area contributed by atoms with Gasteiger partial charge in [-0.25, -0.2) is 0 Å². The molecule has 0 spiro atoms. The molecule has 3 aromatic rings. The van der Waals surface area contributed by atoms with Crippen LogP contribution in [0, 0.1) is 0 Å². The second-order valence-electron chi connectivity index (χ2n) is 4.34. The Morgan fingerprint density at radius 3 is 0.826 bits per heavy atom. The summed E-state index contributed by atoms with van der Waals surface area (Å²) in [5.41, 5.74) is 0. The summed E-state index contributed by atoms with van der Waals surface area (Å²) in [6.45, 7) is 0. The van der Waals surface area contributed by atoms with Crippen molar-refractivity contribution in [2.75, 3.05) is 0 Å². The Bertz CT molecular complexity index is 540. The maximum atomic E-state index is 2.29. The van der Waals surface area contributed by atoms with E-state index in [1.807, 2.05) is 0 Å². The first kappa shape index (κ1) is 24.6. The predicted molar refractivity (Wildman–Crippen MR) is 101 cm³/mol. The number of rotatable bonds is 3. The number of hydrogen-bond acceptors (Lipinski definition) is 0. The zero-order valence-electron chi connectivity index (χ0n) is 12.6. The summed E-state index contributed by atoms with van der Waals surface area (Å²) >= 11 is -2.06. The van der Waals surface area contributed by atoms with Crippen molar-refractivity contribution in [3.8, 4) is 0 Å². The third-order valence-corrected chi connectivity index (χ3v) is 12.5. The van der Waals surface area contributed by atoms with Crippen molar-refractivity contribution in [3.05, 3.63) is 91.0 Å². The zero-order chi connectivity index (χ0) is 12.9. The maximum absolute atomic E-state index is 2.29. The van der Waals surface area contributed by atoms with Crippen molar-refractivity contribution in [3.63, 3.8) is 0 Å². The first-order valence-corrected chi connectivity index (χ1v) is 11.6. The fourth-order valence-electron chi connectivity index (χ4n) is 2.18. The first-order valence-electron chi connectivity index (χ1n) is 6.40. The summed E-state index contributed by atoms with van der Waals surface area (Å²) in [6.07, 6.45) is 0. The van der Waals surface area contributed by atoms with Gasteiger partial charge in [-0.05, 0) is 0 Å². The molecule has 3 nitrogen and oxygen atoms in total. The summed E-state index contributed by atoms with van der Waals surface area (Å²) in [5.74, 6) is 0. The van der Waals surface area contributed by atoms with Crippen LogP contribution in [-0.4, -0.2) is 64.4 Å². The molecule has 5 heteroatoms. The zero-order valence-corrected chi connectivity index (χ0v) is 19.5. The Balaban J connectivity index is 0. The molecule has 0 atom stereocenters. The average molecular weight is 703 g/mol. The van der Waals surface area contributed by atoms with Crippen molar-refractivity contribution in [1.29, 1.82) is 0 Å². The fourth-order valence-corrected chi connectivity index (χ4v) is 11.1. The molecule has 0 amide bonds. The Morgan fingerprint density at radius 2 is 0.609 bits per heavy atom.